The fourth-order valence-corrected chi connectivity index (χ4v) is 3.25. The lowest BCUT2D eigenvalue weighted by molar-refractivity contribution is -0.0163. The second-order valence-corrected chi connectivity index (χ2v) is 6.05. The van der Waals surface area contributed by atoms with Crippen molar-refractivity contribution < 1.29 is 5.11 Å². The Morgan fingerprint density at radius 1 is 1.35 bits per heavy atom. The molecule has 1 aliphatic carbocycles. The molecule has 2 atom stereocenters. The van der Waals surface area contributed by atoms with Crippen LogP contribution < -0.4 is 0 Å². The molecule has 2 aromatic rings. The summed E-state index contributed by atoms with van der Waals surface area (Å²) >= 11 is 5.91. The Labute approximate surface area is 123 Å². The Morgan fingerprint density at radius 2 is 2.15 bits per heavy atom. The summed E-state index contributed by atoms with van der Waals surface area (Å²) in [6.45, 7) is 0.519. The van der Waals surface area contributed by atoms with Crippen molar-refractivity contribution in [1.29, 1.82) is 0 Å². The lowest BCUT2D eigenvalue weighted by Crippen LogP contribution is -2.39. The molecular weight excluding hydrogens is 274 g/mol. The normalized spacial score (nSPS) is 26.0. The first-order valence-corrected chi connectivity index (χ1v) is 7.33. The van der Waals surface area contributed by atoms with Crippen LogP contribution in [-0.4, -0.2) is 25.5 Å². The molecule has 1 fully saturated rings. The number of aromatic nitrogens is 3. The molecule has 0 spiro atoms. The average Bonchev–Trinajstić information content (AvgIpc) is 3.04. The molecule has 1 aromatic heterocycles. The summed E-state index contributed by atoms with van der Waals surface area (Å²) in [7, 11) is 0. The first kappa shape index (κ1) is 13.6. The summed E-state index contributed by atoms with van der Waals surface area (Å²) < 4.78 is 1.72. The number of aliphatic hydroxyl groups is 1. The molecule has 1 aliphatic rings. The SMILES string of the molecule is O[C@]1(Cn2cncn2)CCC[C@H]1Cc1ccc(Cl)cc1. The molecule has 0 saturated heterocycles. The number of hydrogen-bond acceptors (Lipinski definition) is 3. The standard InChI is InChI=1S/C15H18ClN3O/c16-14-5-3-12(4-6-14)8-13-2-1-7-15(13,20)9-19-11-17-10-18-19/h3-6,10-11,13,20H,1-2,7-9H2/t13-,15-/m0/s1. The number of benzene rings is 1. The number of rotatable bonds is 4. The number of halogens is 1. The third-order valence-electron chi connectivity index (χ3n) is 4.22. The van der Waals surface area contributed by atoms with E-state index in [1.54, 1.807) is 11.0 Å². The monoisotopic (exact) mass is 291 g/mol. The Bertz CT molecular complexity index is 555. The fourth-order valence-electron chi connectivity index (χ4n) is 3.13. The molecule has 1 N–H and O–H groups in total. The largest absolute Gasteiger partial charge is 0.388 e. The zero-order chi connectivity index (χ0) is 14.0. The van der Waals surface area contributed by atoms with E-state index in [1.807, 2.05) is 24.3 Å². The molecule has 5 heteroatoms. The third kappa shape index (κ3) is 2.86. The van der Waals surface area contributed by atoms with Gasteiger partial charge in [-0.1, -0.05) is 30.2 Å². The van der Waals surface area contributed by atoms with Gasteiger partial charge in [-0.15, -0.1) is 0 Å². The van der Waals surface area contributed by atoms with Gasteiger partial charge in [0.2, 0.25) is 0 Å². The van der Waals surface area contributed by atoms with Crippen molar-refractivity contribution >= 4 is 11.6 Å². The molecule has 106 valence electrons. The Kier molecular flexibility index (Phi) is 3.76. The Balaban J connectivity index is 1.73. The fraction of sp³-hybridized carbons (Fsp3) is 0.467. The Morgan fingerprint density at radius 3 is 2.85 bits per heavy atom. The van der Waals surface area contributed by atoms with Crippen molar-refractivity contribution in [3.63, 3.8) is 0 Å². The highest BCUT2D eigenvalue weighted by Gasteiger charge is 2.41. The molecule has 1 aromatic carbocycles. The first-order chi connectivity index (χ1) is 9.66. The van der Waals surface area contributed by atoms with Crippen LogP contribution in [0.15, 0.2) is 36.9 Å². The van der Waals surface area contributed by atoms with Gasteiger partial charge in [0.05, 0.1) is 12.1 Å². The minimum Gasteiger partial charge on any atom is -0.388 e. The molecular formula is C15H18ClN3O. The lowest BCUT2D eigenvalue weighted by atomic mass is 9.85. The van der Waals surface area contributed by atoms with E-state index in [4.69, 9.17) is 11.6 Å². The van der Waals surface area contributed by atoms with Crippen LogP contribution >= 0.6 is 11.6 Å². The molecule has 0 aliphatic heterocycles. The van der Waals surface area contributed by atoms with Gasteiger partial charge in [0.1, 0.15) is 12.7 Å². The molecule has 0 radical (unpaired) electrons. The van der Waals surface area contributed by atoms with Crippen LogP contribution in [0.1, 0.15) is 24.8 Å². The van der Waals surface area contributed by atoms with Crippen molar-refractivity contribution in [2.75, 3.05) is 0 Å². The molecule has 20 heavy (non-hydrogen) atoms. The molecule has 1 heterocycles. The van der Waals surface area contributed by atoms with Crippen molar-refractivity contribution in [3.05, 3.63) is 47.5 Å². The topological polar surface area (TPSA) is 50.9 Å². The van der Waals surface area contributed by atoms with Crippen molar-refractivity contribution in [2.24, 2.45) is 5.92 Å². The van der Waals surface area contributed by atoms with E-state index in [-0.39, 0.29) is 5.92 Å². The predicted molar refractivity (Wildman–Crippen MR) is 77.5 cm³/mol. The summed E-state index contributed by atoms with van der Waals surface area (Å²) in [5.41, 5.74) is 0.533. The van der Waals surface area contributed by atoms with Crippen LogP contribution in [0, 0.1) is 5.92 Å². The van der Waals surface area contributed by atoms with Gasteiger partial charge in [-0.3, -0.25) is 4.68 Å². The summed E-state index contributed by atoms with van der Waals surface area (Å²) in [6, 6.07) is 7.89. The van der Waals surface area contributed by atoms with Crippen LogP contribution in [0.25, 0.3) is 0 Å². The van der Waals surface area contributed by atoms with Gasteiger partial charge in [0.15, 0.2) is 0 Å². The molecule has 0 unspecified atom stereocenters. The summed E-state index contributed by atoms with van der Waals surface area (Å²) in [6.07, 6.45) is 6.98. The number of nitrogens with zero attached hydrogens (tertiary/aromatic N) is 3. The van der Waals surface area contributed by atoms with Gasteiger partial charge in [-0.05, 0) is 42.9 Å². The average molecular weight is 292 g/mol. The van der Waals surface area contributed by atoms with E-state index in [0.29, 0.717) is 6.54 Å². The van der Waals surface area contributed by atoms with Crippen LogP contribution in [-0.2, 0) is 13.0 Å². The zero-order valence-corrected chi connectivity index (χ0v) is 12.0. The molecule has 4 nitrogen and oxygen atoms in total. The van der Waals surface area contributed by atoms with Crippen molar-refractivity contribution in [1.82, 2.24) is 14.8 Å². The van der Waals surface area contributed by atoms with E-state index >= 15 is 0 Å². The summed E-state index contributed by atoms with van der Waals surface area (Å²) in [5.74, 6) is 0.257. The molecule has 0 amide bonds. The predicted octanol–water partition coefficient (Wildman–Crippen LogP) is 2.71. The van der Waals surface area contributed by atoms with E-state index in [9.17, 15) is 5.11 Å². The maximum absolute atomic E-state index is 10.9. The summed E-state index contributed by atoms with van der Waals surface area (Å²) in [5, 5.41) is 15.8. The van der Waals surface area contributed by atoms with Gasteiger partial charge >= 0.3 is 0 Å². The van der Waals surface area contributed by atoms with E-state index in [0.717, 1.165) is 30.7 Å². The Hall–Kier alpha value is -1.39. The molecule has 3 rings (SSSR count). The van der Waals surface area contributed by atoms with Gasteiger partial charge in [-0.2, -0.15) is 5.10 Å². The lowest BCUT2D eigenvalue weighted by Gasteiger charge is -2.30. The van der Waals surface area contributed by atoms with Gasteiger partial charge in [0.25, 0.3) is 0 Å². The maximum Gasteiger partial charge on any atom is 0.137 e. The van der Waals surface area contributed by atoms with Crippen molar-refractivity contribution in [3.8, 4) is 0 Å². The van der Waals surface area contributed by atoms with E-state index < -0.39 is 5.60 Å². The minimum atomic E-state index is -0.687. The van der Waals surface area contributed by atoms with Gasteiger partial charge in [-0.25, -0.2) is 4.98 Å². The van der Waals surface area contributed by atoms with Gasteiger partial charge in [0, 0.05) is 5.02 Å². The van der Waals surface area contributed by atoms with Crippen LogP contribution in [0.5, 0.6) is 0 Å². The maximum atomic E-state index is 10.9. The van der Waals surface area contributed by atoms with Crippen LogP contribution in [0.2, 0.25) is 5.02 Å². The van der Waals surface area contributed by atoms with Crippen LogP contribution in [0.4, 0.5) is 0 Å². The molecule has 0 bridgehead atoms. The smallest absolute Gasteiger partial charge is 0.137 e. The van der Waals surface area contributed by atoms with E-state index in [2.05, 4.69) is 10.1 Å². The first-order valence-electron chi connectivity index (χ1n) is 6.95. The summed E-state index contributed by atoms with van der Waals surface area (Å²) in [4.78, 5) is 3.94. The second-order valence-electron chi connectivity index (χ2n) is 5.62. The third-order valence-corrected chi connectivity index (χ3v) is 4.47. The quantitative estimate of drug-likeness (QED) is 0.942. The van der Waals surface area contributed by atoms with Crippen LogP contribution in [0.3, 0.4) is 0 Å². The zero-order valence-electron chi connectivity index (χ0n) is 11.2. The van der Waals surface area contributed by atoms with E-state index in [1.165, 1.54) is 11.9 Å². The number of hydrogen-bond donors (Lipinski definition) is 1. The minimum absolute atomic E-state index is 0.257. The second kappa shape index (κ2) is 5.54. The highest BCUT2D eigenvalue weighted by Crippen LogP contribution is 2.39. The van der Waals surface area contributed by atoms with Gasteiger partial charge < -0.3 is 5.11 Å². The highest BCUT2D eigenvalue weighted by atomic mass is 35.5. The van der Waals surface area contributed by atoms with Crippen molar-refractivity contribution in [2.45, 2.75) is 37.8 Å². The molecule has 1 saturated carbocycles. The highest BCUT2D eigenvalue weighted by molar-refractivity contribution is 6.30.